The number of phenols is 5. The van der Waals surface area contributed by atoms with E-state index in [1.165, 1.54) is 87.0 Å². The third-order valence-electron chi connectivity index (χ3n) is 8.81. The fraction of sp³-hybridized carbons (Fsp3) is 0.195. The first kappa shape index (κ1) is 40.5. The van der Waals surface area contributed by atoms with Gasteiger partial charge in [-0.2, -0.15) is 0 Å². The molecule has 5 atom stereocenters. The van der Waals surface area contributed by atoms with Crippen molar-refractivity contribution in [2.45, 2.75) is 30.7 Å². The van der Waals surface area contributed by atoms with Gasteiger partial charge in [-0.1, -0.05) is 12.1 Å². The predicted molar refractivity (Wildman–Crippen MR) is 202 cm³/mol. The smallest absolute Gasteiger partial charge is 0.331 e. The van der Waals surface area contributed by atoms with E-state index in [4.69, 9.17) is 32.8 Å². The van der Waals surface area contributed by atoms with E-state index >= 15 is 0 Å². The van der Waals surface area contributed by atoms with Crippen LogP contribution in [-0.4, -0.2) is 99.2 Å². The van der Waals surface area contributed by atoms with Crippen LogP contribution < -0.4 is 19.6 Å². The lowest BCUT2D eigenvalue weighted by molar-refractivity contribution is -0.284. The summed E-state index contributed by atoms with van der Waals surface area (Å²) in [4.78, 5) is 40.5. The van der Waals surface area contributed by atoms with E-state index in [0.29, 0.717) is 11.1 Å². The number of hydrogen-bond acceptors (Lipinski definition) is 17. The molecule has 17 heteroatoms. The van der Waals surface area contributed by atoms with Crippen molar-refractivity contribution in [3.8, 4) is 57.3 Å². The van der Waals surface area contributed by atoms with Crippen LogP contribution in [0.15, 0.2) is 94.2 Å². The molecular weight excluding hydrogens is 764 g/mol. The molecule has 1 aromatic heterocycles. The first-order chi connectivity index (χ1) is 27.8. The van der Waals surface area contributed by atoms with Gasteiger partial charge in [0.1, 0.15) is 40.4 Å². The second-order valence-electron chi connectivity index (χ2n) is 12.6. The predicted octanol–water partition coefficient (Wildman–Crippen LogP) is 3.71. The highest BCUT2D eigenvalue weighted by molar-refractivity contribution is 5.89. The van der Waals surface area contributed by atoms with Gasteiger partial charge in [0, 0.05) is 29.8 Å². The Kier molecular flexibility index (Phi) is 12.1. The number of rotatable bonds is 12. The zero-order valence-electron chi connectivity index (χ0n) is 30.5. The topological polar surface area (TPSA) is 261 Å². The number of aliphatic hydroxyl groups excluding tert-OH is 2. The maximum Gasteiger partial charge on any atom is 0.331 e. The molecular formula is C41H36O17. The number of benzene rings is 4. The first-order valence-electron chi connectivity index (χ1n) is 17.2. The van der Waals surface area contributed by atoms with Crippen molar-refractivity contribution < 1.29 is 78.2 Å². The summed E-state index contributed by atoms with van der Waals surface area (Å²) >= 11 is 0. The number of phenolic OH excluding ortho intramolecular Hbond substituents is 5. The fourth-order valence-corrected chi connectivity index (χ4v) is 5.97. The summed E-state index contributed by atoms with van der Waals surface area (Å²) in [6.45, 7) is -0.895. The summed E-state index contributed by atoms with van der Waals surface area (Å²) in [5.74, 6) is -4.41. The van der Waals surface area contributed by atoms with E-state index in [1.54, 1.807) is 0 Å². The van der Waals surface area contributed by atoms with Crippen LogP contribution in [-0.2, 0) is 23.8 Å². The summed E-state index contributed by atoms with van der Waals surface area (Å²) in [7, 11) is 2.67. The second-order valence-corrected chi connectivity index (χ2v) is 12.6. The highest BCUT2D eigenvalue weighted by atomic mass is 16.7. The van der Waals surface area contributed by atoms with Gasteiger partial charge in [0.05, 0.1) is 20.8 Å². The molecule has 0 saturated carbocycles. The van der Waals surface area contributed by atoms with E-state index in [1.807, 2.05) is 0 Å². The summed E-state index contributed by atoms with van der Waals surface area (Å²) in [5, 5.41) is 72.2. The first-order valence-corrected chi connectivity index (χ1v) is 17.2. The molecule has 0 spiro atoms. The van der Waals surface area contributed by atoms with E-state index in [-0.39, 0.29) is 45.7 Å². The number of carbonyl (C=O) groups is 2. The van der Waals surface area contributed by atoms with Gasteiger partial charge in [-0.05, 0) is 71.8 Å². The van der Waals surface area contributed by atoms with Crippen LogP contribution in [0.5, 0.6) is 46.0 Å². The maximum absolute atomic E-state index is 14.1. The van der Waals surface area contributed by atoms with Crippen molar-refractivity contribution in [3.05, 3.63) is 106 Å². The minimum Gasteiger partial charge on any atom is -0.508 e. The third kappa shape index (κ3) is 8.76. The maximum atomic E-state index is 14.1. The van der Waals surface area contributed by atoms with Crippen molar-refractivity contribution in [2.75, 3.05) is 20.8 Å². The number of aliphatic hydroxyl groups is 2. The molecule has 58 heavy (non-hydrogen) atoms. The van der Waals surface area contributed by atoms with Crippen LogP contribution in [0.2, 0.25) is 0 Å². The van der Waals surface area contributed by atoms with Crippen molar-refractivity contribution >= 4 is 35.1 Å². The van der Waals surface area contributed by atoms with Gasteiger partial charge in [-0.25, -0.2) is 9.59 Å². The van der Waals surface area contributed by atoms with Crippen LogP contribution in [0.25, 0.3) is 34.4 Å². The Morgan fingerprint density at radius 1 is 0.724 bits per heavy atom. The van der Waals surface area contributed by atoms with Gasteiger partial charge in [0.2, 0.25) is 17.5 Å². The third-order valence-corrected chi connectivity index (χ3v) is 8.81. The Morgan fingerprint density at radius 3 is 1.84 bits per heavy atom. The van der Waals surface area contributed by atoms with Crippen LogP contribution in [0, 0.1) is 0 Å². The summed E-state index contributed by atoms with van der Waals surface area (Å²) < 4.78 is 39.2. The number of hydrogen-bond donors (Lipinski definition) is 7. The number of esters is 2. The van der Waals surface area contributed by atoms with Crippen molar-refractivity contribution in [3.63, 3.8) is 0 Å². The van der Waals surface area contributed by atoms with Gasteiger partial charge in [0.15, 0.2) is 41.0 Å². The molecule has 0 aliphatic carbocycles. The molecule has 5 aromatic rings. The molecule has 0 bridgehead atoms. The lowest BCUT2D eigenvalue weighted by Gasteiger charge is -2.42. The molecule has 17 nitrogen and oxygen atoms in total. The van der Waals surface area contributed by atoms with Gasteiger partial charge in [0.25, 0.3) is 0 Å². The number of carbonyl (C=O) groups excluding carboxylic acids is 2. The molecule has 0 unspecified atom stereocenters. The van der Waals surface area contributed by atoms with E-state index in [0.717, 1.165) is 24.3 Å². The molecule has 7 N–H and O–H groups in total. The van der Waals surface area contributed by atoms with Crippen molar-refractivity contribution in [1.82, 2.24) is 0 Å². The Morgan fingerprint density at radius 2 is 1.29 bits per heavy atom. The Labute approximate surface area is 328 Å². The highest BCUT2D eigenvalue weighted by Crippen LogP contribution is 2.38. The summed E-state index contributed by atoms with van der Waals surface area (Å²) in [6, 6.07) is 15.7. The van der Waals surface area contributed by atoms with Crippen LogP contribution in [0.4, 0.5) is 0 Å². The molecule has 0 radical (unpaired) electrons. The Balaban J connectivity index is 1.37. The normalized spacial score (nSPS) is 19.3. The average molecular weight is 801 g/mol. The molecule has 2 heterocycles. The fourth-order valence-electron chi connectivity index (χ4n) is 5.97. The molecule has 302 valence electrons. The Bertz CT molecular complexity index is 2430. The molecule has 4 aromatic carbocycles. The molecule has 1 fully saturated rings. The minimum absolute atomic E-state index is 0.110. The average Bonchev–Trinajstić information content (AvgIpc) is 3.20. The van der Waals surface area contributed by atoms with Gasteiger partial charge in [-0.15, -0.1) is 0 Å². The zero-order valence-corrected chi connectivity index (χ0v) is 30.5. The number of aromatic hydroxyl groups is 5. The van der Waals surface area contributed by atoms with Crippen molar-refractivity contribution in [2.24, 2.45) is 0 Å². The summed E-state index contributed by atoms with van der Waals surface area (Å²) in [5.41, 5.74) is -0.306. The van der Waals surface area contributed by atoms with E-state index < -0.39 is 77.3 Å². The largest absolute Gasteiger partial charge is 0.508 e. The van der Waals surface area contributed by atoms with Crippen LogP contribution in [0.1, 0.15) is 11.1 Å². The van der Waals surface area contributed by atoms with Crippen molar-refractivity contribution in [1.29, 1.82) is 0 Å². The standard InChI is InChI=1S/C41H36O17/c1-52-28-15-20(3-11-25(28)45)5-13-32(48)56-38-31(19-42)55-41(40(36(38)51)57-33(49)14-6-21-4-12-26(46)29(16-21)53-2)58-39-35(50)34-27(47)17-24(44)18-30(34)54-37(39)22-7-9-23(43)10-8-22/h3-18,31,36,38,40-47,51H,19H2,1-2H3/b13-5+,14-6+/t31-,36+,38-,40-,41+/m1/s1. The summed E-state index contributed by atoms with van der Waals surface area (Å²) in [6.07, 6.45) is -4.56. The SMILES string of the molecule is COc1cc(/C=C/C(=O)O[C@H]2[C@H](Oc3c(-c4ccc(O)cc4)oc4cc(O)cc(O)c4c3=O)O[C@H](CO)[C@@H](OC(=O)/C=C/c3ccc(O)c(OC)c3)[C@@H]2O)ccc1O. The molecule has 1 aliphatic rings. The zero-order chi connectivity index (χ0) is 41.7. The van der Waals surface area contributed by atoms with Crippen LogP contribution >= 0.6 is 0 Å². The lowest BCUT2D eigenvalue weighted by atomic mass is 9.98. The second kappa shape index (κ2) is 17.3. The van der Waals surface area contributed by atoms with Gasteiger partial charge >= 0.3 is 11.9 Å². The van der Waals surface area contributed by atoms with E-state index in [2.05, 4.69) is 0 Å². The lowest BCUT2D eigenvalue weighted by Crippen LogP contribution is -2.62. The highest BCUT2D eigenvalue weighted by Gasteiger charge is 2.51. The molecule has 1 saturated heterocycles. The number of fused-ring (bicyclic) bond motifs is 1. The Hall–Kier alpha value is -7.21. The van der Waals surface area contributed by atoms with Gasteiger partial charge in [-0.3, -0.25) is 4.79 Å². The van der Waals surface area contributed by atoms with E-state index in [9.17, 15) is 50.1 Å². The minimum atomic E-state index is -2.00. The quantitative estimate of drug-likeness (QED) is 0.0701. The number of ether oxygens (including phenoxy) is 6. The molecule has 0 amide bonds. The van der Waals surface area contributed by atoms with Crippen LogP contribution in [0.3, 0.4) is 0 Å². The van der Waals surface area contributed by atoms with Gasteiger partial charge < -0.3 is 68.6 Å². The number of methoxy groups -OCH3 is 2. The molecule has 1 aliphatic heterocycles. The molecule has 6 rings (SSSR count). The monoisotopic (exact) mass is 800 g/mol.